The zero-order valence-corrected chi connectivity index (χ0v) is 15.4. The lowest BCUT2D eigenvalue weighted by atomic mass is 10.1. The highest BCUT2D eigenvalue weighted by Gasteiger charge is 2.17. The first kappa shape index (κ1) is 17.9. The van der Waals surface area contributed by atoms with Gasteiger partial charge in [-0.1, -0.05) is 12.1 Å². The molecule has 1 aliphatic rings. The van der Waals surface area contributed by atoms with E-state index in [4.69, 9.17) is 9.52 Å². The van der Waals surface area contributed by atoms with Crippen molar-refractivity contribution in [3.8, 4) is 0 Å². The van der Waals surface area contributed by atoms with E-state index >= 15 is 0 Å². The van der Waals surface area contributed by atoms with Crippen LogP contribution in [0.3, 0.4) is 0 Å². The average Bonchev–Trinajstić information content (AvgIpc) is 3.01. The summed E-state index contributed by atoms with van der Waals surface area (Å²) in [4.78, 5) is 23.3. The van der Waals surface area contributed by atoms with Gasteiger partial charge in [0.05, 0.1) is 11.1 Å². The molecular formula is C18H19NO4S2. The summed E-state index contributed by atoms with van der Waals surface area (Å²) in [6.45, 7) is 1.75. The van der Waals surface area contributed by atoms with Gasteiger partial charge in [-0.05, 0) is 48.6 Å². The molecule has 0 spiro atoms. The molecule has 1 amide bonds. The first-order chi connectivity index (χ1) is 12.0. The summed E-state index contributed by atoms with van der Waals surface area (Å²) in [5.41, 5.74) is 1.94. The van der Waals surface area contributed by atoms with E-state index in [-0.39, 0.29) is 18.0 Å². The fraction of sp³-hybridized carbons (Fsp3) is 0.333. The Morgan fingerprint density at radius 1 is 1.24 bits per heavy atom. The molecular weight excluding hydrogens is 358 g/mol. The molecule has 5 nitrogen and oxygen atoms in total. The fourth-order valence-corrected chi connectivity index (χ4v) is 5.48. The van der Waals surface area contributed by atoms with Crippen LogP contribution in [0.2, 0.25) is 0 Å². The van der Waals surface area contributed by atoms with Crippen molar-refractivity contribution in [3.05, 3.63) is 58.5 Å². The minimum atomic E-state index is -1.03. The molecule has 2 heterocycles. The number of carbonyl (C=O) groups excluding carboxylic acids is 1. The van der Waals surface area contributed by atoms with Crippen LogP contribution < -0.4 is 5.32 Å². The standard InChI is InChI=1S/C18H19NO4S2/c1-11-15(17(21)22)9-14(23-11)10-19-16(20)12-3-5-13(6-4-12)18-24-7-2-8-25-18/h3-6,9,18H,2,7-8,10H2,1H3,(H,19,20)(H,21,22). The third kappa shape index (κ3) is 4.41. The maximum Gasteiger partial charge on any atom is 0.339 e. The Bertz CT molecular complexity index is 764. The number of thioether (sulfide) groups is 2. The van der Waals surface area contributed by atoms with Crippen LogP contribution in [0.4, 0.5) is 0 Å². The molecule has 1 saturated heterocycles. The summed E-state index contributed by atoms with van der Waals surface area (Å²) in [6, 6.07) is 9.11. The Morgan fingerprint density at radius 3 is 2.52 bits per heavy atom. The third-order valence-corrected chi connectivity index (χ3v) is 6.91. The predicted octanol–water partition coefficient (Wildman–Crippen LogP) is 4.08. The number of nitrogens with one attached hydrogen (secondary N) is 1. The lowest BCUT2D eigenvalue weighted by Gasteiger charge is -2.21. The van der Waals surface area contributed by atoms with Gasteiger partial charge in [-0.25, -0.2) is 4.79 Å². The molecule has 1 aromatic heterocycles. The molecule has 2 N–H and O–H groups in total. The van der Waals surface area contributed by atoms with Crippen LogP contribution in [0.15, 0.2) is 34.7 Å². The summed E-state index contributed by atoms with van der Waals surface area (Å²) in [7, 11) is 0. The number of rotatable bonds is 5. The molecule has 7 heteroatoms. The quantitative estimate of drug-likeness (QED) is 0.817. The molecule has 2 aromatic rings. The van der Waals surface area contributed by atoms with E-state index in [0.717, 1.165) is 0 Å². The number of furan rings is 1. The molecule has 1 aromatic carbocycles. The summed E-state index contributed by atoms with van der Waals surface area (Å²) < 4.78 is 5.81. The molecule has 0 bridgehead atoms. The highest BCUT2D eigenvalue weighted by molar-refractivity contribution is 8.16. The number of carboxylic acids is 1. The Balaban J connectivity index is 1.59. The third-order valence-electron chi connectivity index (χ3n) is 3.89. The molecule has 3 rings (SSSR count). The molecule has 0 aliphatic carbocycles. The zero-order valence-electron chi connectivity index (χ0n) is 13.8. The Morgan fingerprint density at radius 2 is 1.92 bits per heavy atom. The monoisotopic (exact) mass is 377 g/mol. The number of aromatic carboxylic acids is 1. The molecule has 0 radical (unpaired) electrons. The van der Waals surface area contributed by atoms with Gasteiger partial charge in [-0.3, -0.25) is 4.79 Å². The molecule has 0 atom stereocenters. The van der Waals surface area contributed by atoms with Gasteiger partial charge in [0, 0.05) is 5.56 Å². The van der Waals surface area contributed by atoms with E-state index in [1.165, 1.54) is 29.6 Å². The first-order valence-corrected chi connectivity index (χ1v) is 10.1. The topological polar surface area (TPSA) is 79.5 Å². The summed E-state index contributed by atoms with van der Waals surface area (Å²) in [5, 5.41) is 11.8. The SMILES string of the molecule is Cc1oc(CNC(=O)c2ccc(C3SCCCS3)cc2)cc1C(=O)O. The van der Waals surface area contributed by atoms with Crippen molar-refractivity contribution in [2.45, 2.75) is 24.5 Å². The molecule has 132 valence electrons. The lowest BCUT2D eigenvalue weighted by molar-refractivity contribution is 0.0694. The van der Waals surface area contributed by atoms with E-state index < -0.39 is 5.97 Å². The number of carbonyl (C=O) groups is 2. The van der Waals surface area contributed by atoms with Crippen LogP contribution in [0.5, 0.6) is 0 Å². The predicted molar refractivity (Wildman–Crippen MR) is 100 cm³/mol. The van der Waals surface area contributed by atoms with E-state index in [2.05, 4.69) is 5.32 Å². The maximum atomic E-state index is 12.3. The normalized spacial score (nSPS) is 15.1. The molecule has 25 heavy (non-hydrogen) atoms. The van der Waals surface area contributed by atoms with Crippen LogP contribution in [-0.4, -0.2) is 28.5 Å². The van der Waals surface area contributed by atoms with Gasteiger partial charge in [0.2, 0.25) is 0 Å². The van der Waals surface area contributed by atoms with Gasteiger partial charge >= 0.3 is 5.97 Å². The van der Waals surface area contributed by atoms with E-state index in [0.29, 0.717) is 21.7 Å². The van der Waals surface area contributed by atoms with Crippen LogP contribution in [-0.2, 0) is 6.54 Å². The van der Waals surface area contributed by atoms with Crippen molar-refractivity contribution >= 4 is 35.4 Å². The van der Waals surface area contributed by atoms with E-state index in [9.17, 15) is 9.59 Å². The first-order valence-electron chi connectivity index (χ1n) is 7.98. The van der Waals surface area contributed by atoms with Gasteiger partial charge < -0.3 is 14.8 Å². The highest BCUT2D eigenvalue weighted by Crippen LogP contribution is 2.43. The Kier molecular flexibility index (Phi) is 5.75. The maximum absolute atomic E-state index is 12.3. The zero-order chi connectivity index (χ0) is 17.8. The van der Waals surface area contributed by atoms with E-state index in [1.807, 2.05) is 47.8 Å². The van der Waals surface area contributed by atoms with Crippen molar-refractivity contribution in [2.75, 3.05) is 11.5 Å². The highest BCUT2D eigenvalue weighted by atomic mass is 32.2. The number of amides is 1. The number of aryl methyl sites for hydroxylation is 1. The Hall–Kier alpha value is -1.86. The average molecular weight is 377 g/mol. The molecule has 0 saturated carbocycles. The van der Waals surface area contributed by atoms with Crippen LogP contribution >= 0.6 is 23.5 Å². The molecule has 1 fully saturated rings. The van der Waals surface area contributed by atoms with Crippen molar-refractivity contribution in [1.29, 1.82) is 0 Å². The van der Waals surface area contributed by atoms with Crippen molar-refractivity contribution in [1.82, 2.24) is 5.32 Å². The number of carboxylic acid groups (broad SMARTS) is 1. The van der Waals surface area contributed by atoms with Gasteiger partial charge in [-0.2, -0.15) is 0 Å². The van der Waals surface area contributed by atoms with Crippen molar-refractivity contribution in [2.24, 2.45) is 0 Å². The number of benzene rings is 1. The summed E-state index contributed by atoms with van der Waals surface area (Å²) >= 11 is 3.89. The second kappa shape index (κ2) is 8.01. The summed E-state index contributed by atoms with van der Waals surface area (Å²) in [6.07, 6.45) is 1.25. The van der Waals surface area contributed by atoms with Gasteiger partial charge in [0.25, 0.3) is 5.91 Å². The Labute approximate surface area is 154 Å². The van der Waals surface area contributed by atoms with Gasteiger partial charge in [0.15, 0.2) is 0 Å². The van der Waals surface area contributed by atoms with Gasteiger partial charge in [0.1, 0.15) is 17.1 Å². The second-order valence-electron chi connectivity index (χ2n) is 5.72. The van der Waals surface area contributed by atoms with E-state index in [1.54, 1.807) is 6.92 Å². The minimum Gasteiger partial charge on any atom is -0.478 e. The smallest absolute Gasteiger partial charge is 0.339 e. The van der Waals surface area contributed by atoms with Crippen LogP contribution in [0.1, 0.15) is 48.8 Å². The summed E-state index contributed by atoms with van der Waals surface area (Å²) in [5.74, 6) is 1.88. The minimum absolute atomic E-state index is 0.121. The van der Waals surface area contributed by atoms with Gasteiger partial charge in [-0.15, -0.1) is 23.5 Å². The van der Waals surface area contributed by atoms with Crippen molar-refractivity contribution < 1.29 is 19.1 Å². The fourth-order valence-electron chi connectivity index (χ4n) is 2.58. The largest absolute Gasteiger partial charge is 0.478 e. The van der Waals surface area contributed by atoms with Crippen molar-refractivity contribution in [3.63, 3.8) is 0 Å². The second-order valence-corrected chi connectivity index (χ2v) is 8.44. The van der Waals surface area contributed by atoms with Crippen LogP contribution in [0.25, 0.3) is 0 Å². The number of hydrogen-bond acceptors (Lipinski definition) is 5. The number of hydrogen-bond donors (Lipinski definition) is 2. The lowest BCUT2D eigenvalue weighted by Crippen LogP contribution is -2.22. The molecule has 1 aliphatic heterocycles. The van der Waals surface area contributed by atoms with Crippen LogP contribution in [0, 0.1) is 6.92 Å². The molecule has 0 unspecified atom stereocenters.